The maximum absolute atomic E-state index is 16.3. The lowest BCUT2D eigenvalue weighted by Crippen LogP contribution is -2.61. The van der Waals surface area contributed by atoms with Crippen LogP contribution in [0, 0.1) is 23.2 Å². The van der Waals surface area contributed by atoms with Crippen LogP contribution in [-0.2, 0) is 35.1 Å². The van der Waals surface area contributed by atoms with Crippen LogP contribution in [-0.4, -0.2) is 102 Å². The molecule has 1 aromatic carbocycles. The van der Waals surface area contributed by atoms with Crippen LogP contribution in [0.3, 0.4) is 0 Å². The van der Waals surface area contributed by atoms with E-state index in [9.17, 15) is 36.4 Å². The first-order valence-corrected chi connectivity index (χ1v) is 21.3. The second-order valence-corrected chi connectivity index (χ2v) is 20.2. The van der Waals surface area contributed by atoms with Gasteiger partial charge in [-0.2, -0.15) is 8.78 Å². The molecular formula is C39H56F4N6O9S. The van der Waals surface area contributed by atoms with Gasteiger partial charge in [-0.15, -0.1) is 0 Å². The molecule has 3 saturated carbocycles. The van der Waals surface area contributed by atoms with Gasteiger partial charge in [0.05, 0.1) is 35.4 Å². The number of amides is 4. The number of alkyl halides is 4. The molecule has 20 heteroatoms. The van der Waals surface area contributed by atoms with Crippen LogP contribution in [0.25, 0.3) is 11.0 Å². The molecule has 7 rings (SSSR count). The van der Waals surface area contributed by atoms with Gasteiger partial charge in [0.2, 0.25) is 34.1 Å². The summed E-state index contributed by atoms with van der Waals surface area (Å²) in [5.41, 5.74) is -3.84. The summed E-state index contributed by atoms with van der Waals surface area (Å²) >= 11 is 0. The normalized spacial score (nSPS) is 31.6. The van der Waals surface area contributed by atoms with Crippen LogP contribution >= 0.6 is 0 Å². The average Bonchev–Trinajstić information content (AvgIpc) is 4.10. The number of benzene rings is 1. The van der Waals surface area contributed by atoms with Crippen molar-refractivity contribution >= 4 is 44.9 Å². The fourth-order valence-corrected chi connectivity index (χ4v) is 9.41. The fourth-order valence-electron chi connectivity index (χ4n) is 8.09. The highest BCUT2D eigenvalue weighted by Gasteiger charge is 2.67. The Bertz CT molecular complexity index is 2170. The van der Waals surface area contributed by atoms with Crippen LogP contribution in [0.15, 0.2) is 18.2 Å². The molecule has 2 aliphatic heterocycles. The average molecular weight is 861 g/mol. The number of sulfonamides is 1. The van der Waals surface area contributed by atoms with Crippen molar-refractivity contribution in [3.63, 3.8) is 0 Å². The zero-order valence-corrected chi connectivity index (χ0v) is 34.5. The van der Waals surface area contributed by atoms with Crippen molar-refractivity contribution in [2.24, 2.45) is 23.2 Å². The van der Waals surface area contributed by atoms with E-state index in [1.807, 2.05) is 4.72 Å². The lowest BCUT2D eigenvalue weighted by molar-refractivity contribution is -0.143. The summed E-state index contributed by atoms with van der Waals surface area (Å²) in [5, 5.41) is 5.01. The van der Waals surface area contributed by atoms with E-state index in [0.29, 0.717) is 25.0 Å². The van der Waals surface area contributed by atoms with Gasteiger partial charge in [0.1, 0.15) is 35.6 Å². The number of methoxy groups -OCH3 is 1. The highest BCUT2D eigenvalue weighted by Crippen LogP contribution is 2.50. The standard InChI is InChI=1S/C39H50F4N6O9S.3H2/c1-19-26-18-49(27(19)31(50)47-38(17-22(38)30(40)41)34(52)48-59(54,55)37(5)13-14-37)33(51)29(36(2,3)4)46-35(53)58-25-15-20(25)9-7-8-12-39(42,43)28-32(57-26)45-24-16-21(56-6)10-11-23(24)44-28;;;/h10-11,16,19-20,22,25-27,29-30H,7-9,12-15,17-18H2,1-6H3,(H,46,53)(H,47,50)(H,48,52);3*1H/t19-,20-,22+,25-,26+,27+,29-,38-;;;/m1.../s1. The number of nitrogens with one attached hydrogen (secondary N) is 3. The van der Waals surface area contributed by atoms with E-state index >= 15 is 8.78 Å². The summed E-state index contributed by atoms with van der Waals surface area (Å²) < 4.78 is 105. The summed E-state index contributed by atoms with van der Waals surface area (Å²) in [6.07, 6.45) is -4.99. The molecule has 5 aliphatic rings. The summed E-state index contributed by atoms with van der Waals surface area (Å²) in [7, 11) is -2.89. The Hall–Kier alpha value is -4.49. The van der Waals surface area contributed by atoms with Crippen molar-refractivity contribution in [1.29, 1.82) is 0 Å². The molecule has 15 nitrogen and oxygen atoms in total. The third kappa shape index (κ3) is 8.21. The number of carbonyl (C=O) groups is 4. The molecule has 0 unspecified atom stereocenters. The first-order valence-electron chi connectivity index (χ1n) is 19.9. The molecule has 3 heterocycles. The summed E-state index contributed by atoms with van der Waals surface area (Å²) in [6.45, 7) is 7.42. The van der Waals surface area contributed by atoms with E-state index in [4.69, 9.17) is 14.2 Å². The maximum atomic E-state index is 16.3. The first-order chi connectivity index (χ1) is 27.5. The SMILES string of the molecule is COc1ccc2nc3c(nc2c1)O[C@H]1CN(C(=O)[C@H](C(C)(C)C)NC(=O)O[C@@H]2C[C@H]2CCCCC3(F)F)[C@H](C(=O)N[C@]2(C(=O)NS(=O)(=O)C3(C)CC3)C[C@H]2C(F)F)[C@@H]1C.[HH].[HH].[HH]. The van der Waals surface area contributed by atoms with Crippen LogP contribution in [0.2, 0.25) is 0 Å². The number of hydrogen-bond donors (Lipinski definition) is 3. The van der Waals surface area contributed by atoms with Gasteiger partial charge < -0.3 is 29.7 Å². The number of nitrogens with zero attached hydrogens (tertiary/aromatic N) is 3. The topological polar surface area (TPSA) is 195 Å². The van der Waals surface area contributed by atoms with Gasteiger partial charge in [-0.3, -0.25) is 19.1 Å². The van der Waals surface area contributed by atoms with Gasteiger partial charge in [-0.1, -0.05) is 34.1 Å². The van der Waals surface area contributed by atoms with E-state index < -0.39 is 129 Å². The Kier molecular flexibility index (Phi) is 10.8. The van der Waals surface area contributed by atoms with Crippen molar-refractivity contribution < 1.29 is 63.6 Å². The van der Waals surface area contributed by atoms with Crippen LogP contribution < -0.4 is 24.8 Å². The van der Waals surface area contributed by atoms with E-state index in [1.54, 1.807) is 26.8 Å². The predicted molar refractivity (Wildman–Crippen MR) is 208 cm³/mol. The Morgan fingerprint density at radius 3 is 2.41 bits per heavy atom. The molecule has 3 N–H and O–H groups in total. The van der Waals surface area contributed by atoms with Crippen molar-refractivity contribution in [3.05, 3.63) is 23.9 Å². The molecule has 1 aromatic heterocycles. The van der Waals surface area contributed by atoms with E-state index in [2.05, 4.69) is 20.6 Å². The number of alkyl carbamates (subject to hydrolysis) is 1. The van der Waals surface area contributed by atoms with Gasteiger partial charge in [0.25, 0.3) is 11.8 Å². The van der Waals surface area contributed by atoms with Crippen LogP contribution in [0.4, 0.5) is 22.4 Å². The third-order valence-electron chi connectivity index (χ3n) is 12.5. The summed E-state index contributed by atoms with van der Waals surface area (Å²) in [6, 6.07) is 1.55. The Balaban J connectivity index is 0.00000282. The maximum Gasteiger partial charge on any atom is 0.408 e. The van der Waals surface area contributed by atoms with E-state index in [-0.39, 0.29) is 40.5 Å². The number of ether oxygens (including phenoxy) is 3. The zero-order chi connectivity index (χ0) is 43.0. The number of hydrogen-bond acceptors (Lipinski definition) is 11. The molecule has 0 radical (unpaired) electrons. The van der Waals surface area contributed by atoms with Crippen LogP contribution in [0.1, 0.15) is 96.0 Å². The Morgan fingerprint density at radius 1 is 1.07 bits per heavy atom. The number of carbonyl (C=O) groups excluding carboxylic acids is 4. The molecule has 2 aromatic rings. The van der Waals surface area contributed by atoms with E-state index in [0.717, 1.165) is 4.90 Å². The number of fused-ring (bicyclic) bond motifs is 5. The molecular weight excluding hydrogens is 805 g/mol. The fraction of sp³-hybridized carbons (Fsp3) is 0.692. The van der Waals surface area contributed by atoms with Crippen molar-refractivity contribution in [2.45, 2.75) is 133 Å². The van der Waals surface area contributed by atoms with Gasteiger partial charge in [-0.25, -0.2) is 32.0 Å². The van der Waals surface area contributed by atoms with Gasteiger partial charge in [0, 0.05) is 22.7 Å². The smallest absolute Gasteiger partial charge is 0.408 e. The zero-order valence-electron chi connectivity index (χ0n) is 33.7. The number of halogens is 4. The molecule has 1 saturated heterocycles. The van der Waals surface area contributed by atoms with Crippen LogP contribution in [0.5, 0.6) is 11.6 Å². The third-order valence-corrected chi connectivity index (χ3v) is 14.7. The second kappa shape index (κ2) is 14.9. The lowest BCUT2D eigenvalue weighted by atomic mass is 9.85. The highest BCUT2D eigenvalue weighted by molar-refractivity contribution is 7.91. The van der Waals surface area contributed by atoms with Gasteiger partial charge in [-0.05, 0) is 68.9 Å². The molecule has 59 heavy (non-hydrogen) atoms. The van der Waals surface area contributed by atoms with Crippen molar-refractivity contribution in [3.8, 4) is 11.6 Å². The lowest BCUT2D eigenvalue weighted by Gasteiger charge is -2.36. The largest absolute Gasteiger partial charge is 0.497 e. The summed E-state index contributed by atoms with van der Waals surface area (Å²) in [5.74, 6) is -9.94. The molecule has 3 aliphatic carbocycles. The quantitative estimate of drug-likeness (QED) is 0.306. The number of rotatable bonds is 7. The molecule has 4 fully saturated rings. The molecule has 0 spiro atoms. The molecule has 4 amide bonds. The number of aromatic nitrogens is 2. The van der Waals surface area contributed by atoms with E-state index in [1.165, 1.54) is 33.1 Å². The van der Waals surface area contributed by atoms with Gasteiger partial charge >= 0.3 is 6.09 Å². The second-order valence-electron chi connectivity index (χ2n) is 18.0. The molecule has 8 atom stereocenters. The minimum Gasteiger partial charge on any atom is -0.497 e. The highest BCUT2D eigenvalue weighted by atomic mass is 32.2. The molecule has 2 bridgehead atoms. The minimum absolute atomic E-state index is 0. The molecule has 330 valence electrons. The Labute approximate surface area is 343 Å². The van der Waals surface area contributed by atoms with Crippen molar-refractivity contribution in [1.82, 2.24) is 30.2 Å². The first kappa shape index (κ1) is 42.6. The summed E-state index contributed by atoms with van der Waals surface area (Å²) in [4.78, 5) is 65.8. The van der Waals surface area contributed by atoms with Crippen molar-refractivity contribution in [2.75, 3.05) is 13.7 Å². The van der Waals surface area contributed by atoms with Gasteiger partial charge in [0.15, 0.2) is 5.69 Å². The Morgan fingerprint density at radius 2 is 1.78 bits per heavy atom. The monoisotopic (exact) mass is 860 g/mol. The predicted octanol–water partition coefficient (Wildman–Crippen LogP) is 5.30. The minimum atomic E-state index is -4.31.